The summed E-state index contributed by atoms with van der Waals surface area (Å²) in [6, 6.07) is 0. The average Bonchev–Trinajstić information content (AvgIpc) is 2.22. The molecule has 1 rings (SSSR count). The predicted octanol–water partition coefficient (Wildman–Crippen LogP) is 1.44. The Morgan fingerprint density at radius 3 is 1.77 bits per heavy atom. The van der Waals surface area contributed by atoms with Crippen molar-refractivity contribution in [3.05, 3.63) is 24.8 Å². The lowest BCUT2D eigenvalue weighted by atomic mass is 10.5. The number of nitrogens with zero attached hydrogens (tertiary/aromatic N) is 2. The first kappa shape index (κ1) is 11.6. The Bertz CT molecular complexity index is 187. The zero-order valence-corrected chi connectivity index (χ0v) is 7.93. The second kappa shape index (κ2) is 8.64. The van der Waals surface area contributed by atoms with Gasteiger partial charge in [-0.15, -0.1) is 0 Å². The van der Waals surface area contributed by atoms with Crippen LogP contribution in [-0.2, 0) is 9.53 Å². The molecule has 4 nitrogen and oxygen atoms in total. The van der Waals surface area contributed by atoms with Crippen LogP contribution in [0.5, 0.6) is 0 Å². The van der Waals surface area contributed by atoms with E-state index in [1.807, 2.05) is 0 Å². The summed E-state index contributed by atoms with van der Waals surface area (Å²) < 4.78 is 4.55. The van der Waals surface area contributed by atoms with Crippen LogP contribution in [0.25, 0.3) is 0 Å². The molecule has 0 aliphatic rings. The van der Waals surface area contributed by atoms with E-state index in [0.29, 0.717) is 13.0 Å². The minimum absolute atomic E-state index is 0.123. The second-order valence-corrected chi connectivity index (χ2v) is 2.05. The summed E-state index contributed by atoms with van der Waals surface area (Å²) in [7, 11) is 0. The molecule has 0 fully saturated rings. The van der Waals surface area contributed by atoms with Crippen molar-refractivity contribution in [3.63, 3.8) is 0 Å². The minimum Gasteiger partial charge on any atom is -0.466 e. The summed E-state index contributed by atoms with van der Waals surface area (Å²) in [5.41, 5.74) is 0. The summed E-state index contributed by atoms with van der Waals surface area (Å²) in [5, 5.41) is 0. The summed E-state index contributed by atoms with van der Waals surface area (Å²) >= 11 is 0. The largest absolute Gasteiger partial charge is 0.466 e. The number of rotatable bonds is 2. The molecule has 13 heavy (non-hydrogen) atoms. The monoisotopic (exact) mass is 182 g/mol. The van der Waals surface area contributed by atoms with Gasteiger partial charge in [-0.3, -0.25) is 14.8 Å². The molecule has 0 amide bonds. The molecular weight excluding hydrogens is 168 g/mol. The Hall–Kier alpha value is -1.45. The van der Waals surface area contributed by atoms with Crippen LogP contribution in [0.1, 0.15) is 20.3 Å². The molecule has 4 heteroatoms. The van der Waals surface area contributed by atoms with Crippen molar-refractivity contribution in [3.8, 4) is 0 Å². The molecule has 0 aromatic carbocycles. The number of carbonyl (C=O) groups excluding carboxylic acids is 1. The van der Waals surface area contributed by atoms with Gasteiger partial charge < -0.3 is 4.74 Å². The van der Waals surface area contributed by atoms with E-state index in [1.54, 1.807) is 38.6 Å². The first-order valence-corrected chi connectivity index (χ1v) is 4.16. The molecule has 0 unspecified atom stereocenters. The van der Waals surface area contributed by atoms with Gasteiger partial charge in [-0.1, -0.05) is 6.92 Å². The highest BCUT2D eigenvalue weighted by atomic mass is 16.5. The number of hydrogen-bond donors (Lipinski definition) is 0. The van der Waals surface area contributed by atoms with Gasteiger partial charge in [0.1, 0.15) is 0 Å². The van der Waals surface area contributed by atoms with E-state index in [2.05, 4.69) is 14.7 Å². The molecule has 0 aliphatic heterocycles. The summed E-state index contributed by atoms with van der Waals surface area (Å²) in [5.74, 6) is -0.123. The normalized spacial score (nSPS) is 8.15. The van der Waals surface area contributed by atoms with E-state index < -0.39 is 0 Å². The highest BCUT2D eigenvalue weighted by Gasteiger charge is 1.91. The van der Waals surface area contributed by atoms with Crippen LogP contribution in [0.3, 0.4) is 0 Å². The molecule has 0 bridgehead atoms. The van der Waals surface area contributed by atoms with Gasteiger partial charge in [-0.25, -0.2) is 0 Å². The van der Waals surface area contributed by atoms with E-state index >= 15 is 0 Å². The lowest BCUT2D eigenvalue weighted by Gasteiger charge is -1.93. The van der Waals surface area contributed by atoms with Crippen LogP contribution < -0.4 is 0 Å². The van der Waals surface area contributed by atoms with Crippen molar-refractivity contribution in [2.45, 2.75) is 20.3 Å². The Morgan fingerprint density at radius 2 is 1.62 bits per heavy atom. The Kier molecular flexibility index (Phi) is 7.68. The van der Waals surface area contributed by atoms with Gasteiger partial charge in [0.15, 0.2) is 0 Å². The first-order chi connectivity index (χ1) is 6.31. The number of carbonyl (C=O) groups is 1. The standard InChI is InChI=1S/C5H10O2.C4H4N2/c1-3-5(6)7-4-2;1-2-6-4-3-5-1/h3-4H2,1-2H3;1-4H. The van der Waals surface area contributed by atoms with Crippen LogP contribution in [0, 0.1) is 0 Å². The van der Waals surface area contributed by atoms with Crippen molar-refractivity contribution in [2.75, 3.05) is 6.61 Å². The fourth-order valence-electron chi connectivity index (χ4n) is 0.516. The Labute approximate surface area is 78.0 Å². The van der Waals surface area contributed by atoms with Crippen LogP contribution in [0.2, 0.25) is 0 Å². The maximum Gasteiger partial charge on any atom is 0.305 e. The SMILES string of the molecule is CCOC(=O)CC.c1cnccn1. The maximum absolute atomic E-state index is 10.2. The van der Waals surface area contributed by atoms with Gasteiger partial charge in [0.25, 0.3) is 0 Å². The van der Waals surface area contributed by atoms with E-state index in [-0.39, 0.29) is 5.97 Å². The maximum atomic E-state index is 10.2. The molecule has 1 aromatic heterocycles. The highest BCUT2D eigenvalue weighted by molar-refractivity contribution is 5.68. The number of ether oxygens (including phenoxy) is 1. The van der Waals surface area contributed by atoms with Crippen LogP contribution >= 0.6 is 0 Å². The molecule has 0 radical (unpaired) electrons. The van der Waals surface area contributed by atoms with Crippen LogP contribution in [0.15, 0.2) is 24.8 Å². The van der Waals surface area contributed by atoms with Crippen molar-refractivity contribution in [2.24, 2.45) is 0 Å². The molecule has 72 valence electrons. The Balaban J connectivity index is 0.000000223. The average molecular weight is 182 g/mol. The molecule has 1 aromatic rings. The molecule has 0 aliphatic carbocycles. The van der Waals surface area contributed by atoms with Crippen molar-refractivity contribution >= 4 is 5.97 Å². The molecule has 1 heterocycles. The summed E-state index contributed by atoms with van der Waals surface area (Å²) in [4.78, 5) is 17.6. The lowest BCUT2D eigenvalue weighted by Crippen LogP contribution is -2.00. The van der Waals surface area contributed by atoms with Gasteiger partial charge in [0, 0.05) is 31.2 Å². The van der Waals surface area contributed by atoms with Crippen molar-refractivity contribution < 1.29 is 9.53 Å². The highest BCUT2D eigenvalue weighted by Crippen LogP contribution is 1.80. The van der Waals surface area contributed by atoms with E-state index in [1.165, 1.54) is 0 Å². The summed E-state index contributed by atoms with van der Waals surface area (Å²) in [6.07, 6.45) is 7.04. The third-order valence-electron chi connectivity index (χ3n) is 1.07. The van der Waals surface area contributed by atoms with Gasteiger partial charge in [0.2, 0.25) is 0 Å². The van der Waals surface area contributed by atoms with Crippen molar-refractivity contribution in [1.29, 1.82) is 0 Å². The summed E-state index contributed by atoms with van der Waals surface area (Å²) in [6.45, 7) is 4.07. The quantitative estimate of drug-likeness (QED) is 0.649. The number of esters is 1. The number of hydrogen-bond acceptors (Lipinski definition) is 4. The van der Waals surface area contributed by atoms with E-state index in [9.17, 15) is 4.79 Å². The van der Waals surface area contributed by atoms with E-state index in [0.717, 1.165) is 0 Å². The second-order valence-electron chi connectivity index (χ2n) is 2.05. The number of aromatic nitrogens is 2. The zero-order chi connectivity index (χ0) is 9.94. The van der Waals surface area contributed by atoms with Gasteiger partial charge in [-0.2, -0.15) is 0 Å². The minimum atomic E-state index is -0.123. The van der Waals surface area contributed by atoms with Gasteiger partial charge in [0.05, 0.1) is 6.61 Å². The molecular formula is C9H14N2O2. The fourth-order valence-corrected chi connectivity index (χ4v) is 0.516. The van der Waals surface area contributed by atoms with Gasteiger partial charge in [-0.05, 0) is 6.92 Å². The smallest absolute Gasteiger partial charge is 0.305 e. The Morgan fingerprint density at radius 1 is 1.15 bits per heavy atom. The van der Waals surface area contributed by atoms with Crippen LogP contribution in [-0.4, -0.2) is 22.5 Å². The zero-order valence-electron chi connectivity index (χ0n) is 7.93. The lowest BCUT2D eigenvalue weighted by molar-refractivity contribution is -0.142. The molecule has 0 saturated heterocycles. The molecule has 0 spiro atoms. The van der Waals surface area contributed by atoms with E-state index in [4.69, 9.17) is 0 Å². The molecule has 0 saturated carbocycles. The fraction of sp³-hybridized carbons (Fsp3) is 0.444. The third kappa shape index (κ3) is 8.46. The van der Waals surface area contributed by atoms with Gasteiger partial charge >= 0.3 is 5.97 Å². The van der Waals surface area contributed by atoms with Crippen LogP contribution in [0.4, 0.5) is 0 Å². The first-order valence-electron chi connectivity index (χ1n) is 4.16. The predicted molar refractivity (Wildman–Crippen MR) is 49.0 cm³/mol. The topological polar surface area (TPSA) is 52.1 Å². The third-order valence-corrected chi connectivity index (χ3v) is 1.07. The van der Waals surface area contributed by atoms with Crippen molar-refractivity contribution in [1.82, 2.24) is 9.97 Å². The molecule has 0 atom stereocenters. The molecule has 0 N–H and O–H groups in total.